The summed E-state index contributed by atoms with van der Waals surface area (Å²) in [7, 11) is 1.90. The number of rotatable bonds is 4. The lowest BCUT2D eigenvalue weighted by Gasteiger charge is -2.32. The first-order valence-corrected chi connectivity index (χ1v) is 7.12. The van der Waals surface area contributed by atoms with Gasteiger partial charge in [-0.15, -0.1) is 0 Å². The van der Waals surface area contributed by atoms with Crippen LogP contribution in [-0.2, 0) is 11.8 Å². The van der Waals surface area contributed by atoms with E-state index in [1.54, 1.807) is 0 Å². The third-order valence-electron chi connectivity index (χ3n) is 4.16. The molecule has 0 aliphatic carbocycles. The van der Waals surface area contributed by atoms with Crippen LogP contribution >= 0.6 is 0 Å². The molecule has 1 amide bonds. The highest BCUT2D eigenvalue weighted by Crippen LogP contribution is 2.22. The second kappa shape index (κ2) is 6.11. The van der Waals surface area contributed by atoms with Gasteiger partial charge in [0.1, 0.15) is 5.69 Å². The fourth-order valence-electron chi connectivity index (χ4n) is 2.80. The van der Waals surface area contributed by atoms with Crippen LogP contribution in [0.3, 0.4) is 0 Å². The van der Waals surface area contributed by atoms with Crippen molar-refractivity contribution >= 4 is 11.9 Å². The third kappa shape index (κ3) is 3.21. The van der Waals surface area contributed by atoms with E-state index in [2.05, 4.69) is 0 Å². The Hall–Kier alpha value is -1.78. The molecule has 1 fully saturated rings. The average molecular weight is 278 g/mol. The fourth-order valence-corrected chi connectivity index (χ4v) is 2.80. The lowest BCUT2D eigenvalue weighted by atomic mass is 9.93. The molecular weight excluding hydrogens is 256 g/mol. The monoisotopic (exact) mass is 278 g/mol. The van der Waals surface area contributed by atoms with Gasteiger partial charge in [0, 0.05) is 32.3 Å². The molecule has 0 aromatic carbocycles. The van der Waals surface area contributed by atoms with Gasteiger partial charge in [-0.25, -0.2) is 0 Å². The standard InChI is InChI=1S/C15H22N2O3/c1-11-5-7-13(16(11)2)15(20)17-9-3-4-12(10-17)6-8-14(18)19/h5,7,12H,3-4,6,8-10H2,1-2H3,(H,18,19). The van der Waals surface area contributed by atoms with E-state index in [4.69, 9.17) is 5.11 Å². The number of amides is 1. The SMILES string of the molecule is Cc1ccc(C(=O)N2CCCC(CCC(=O)O)C2)n1C. The zero-order valence-corrected chi connectivity index (χ0v) is 12.1. The minimum atomic E-state index is -0.758. The van der Waals surface area contributed by atoms with Crippen molar-refractivity contribution in [3.05, 3.63) is 23.5 Å². The summed E-state index contributed by atoms with van der Waals surface area (Å²) in [6.45, 7) is 3.42. The van der Waals surface area contributed by atoms with E-state index in [1.807, 2.05) is 35.6 Å². The number of carboxylic acid groups (broad SMARTS) is 1. The molecule has 1 N–H and O–H groups in total. The fraction of sp³-hybridized carbons (Fsp3) is 0.600. The smallest absolute Gasteiger partial charge is 0.303 e. The molecule has 5 heteroatoms. The summed E-state index contributed by atoms with van der Waals surface area (Å²) >= 11 is 0. The van der Waals surface area contributed by atoms with Gasteiger partial charge in [-0.2, -0.15) is 0 Å². The lowest BCUT2D eigenvalue weighted by molar-refractivity contribution is -0.137. The van der Waals surface area contributed by atoms with Gasteiger partial charge in [-0.05, 0) is 44.2 Å². The topological polar surface area (TPSA) is 62.5 Å². The molecule has 1 aromatic rings. The number of carboxylic acids is 1. The molecule has 2 rings (SSSR count). The van der Waals surface area contributed by atoms with Crippen molar-refractivity contribution in [3.8, 4) is 0 Å². The first-order chi connectivity index (χ1) is 9.49. The Morgan fingerprint density at radius 1 is 1.40 bits per heavy atom. The summed E-state index contributed by atoms with van der Waals surface area (Å²) in [4.78, 5) is 25.0. The summed E-state index contributed by atoms with van der Waals surface area (Å²) in [5.74, 6) is -0.391. The number of carbonyl (C=O) groups excluding carboxylic acids is 1. The highest BCUT2D eigenvalue weighted by molar-refractivity contribution is 5.93. The maximum atomic E-state index is 12.5. The van der Waals surface area contributed by atoms with Gasteiger partial charge in [-0.1, -0.05) is 0 Å². The quantitative estimate of drug-likeness (QED) is 0.917. The van der Waals surface area contributed by atoms with Crippen LogP contribution in [0, 0.1) is 12.8 Å². The van der Waals surface area contributed by atoms with Crippen LogP contribution in [0.1, 0.15) is 41.9 Å². The first-order valence-electron chi connectivity index (χ1n) is 7.12. The van der Waals surface area contributed by atoms with Crippen molar-refractivity contribution in [2.24, 2.45) is 13.0 Å². The molecule has 1 aliphatic rings. The zero-order valence-electron chi connectivity index (χ0n) is 12.1. The molecule has 2 heterocycles. The predicted octanol–water partition coefficient (Wildman–Crippen LogP) is 2.05. The summed E-state index contributed by atoms with van der Waals surface area (Å²) in [5.41, 5.74) is 1.77. The second-order valence-corrected chi connectivity index (χ2v) is 5.61. The van der Waals surface area contributed by atoms with Crippen LogP contribution in [0.5, 0.6) is 0 Å². The summed E-state index contributed by atoms with van der Waals surface area (Å²) in [6.07, 6.45) is 2.82. The van der Waals surface area contributed by atoms with Gasteiger partial charge in [-0.3, -0.25) is 9.59 Å². The number of carbonyl (C=O) groups is 2. The molecule has 20 heavy (non-hydrogen) atoms. The van der Waals surface area contributed by atoms with Crippen molar-refractivity contribution in [2.75, 3.05) is 13.1 Å². The van der Waals surface area contributed by atoms with Gasteiger partial charge >= 0.3 is 5.97 Å². The van der Waals surface area contributed by atoms with Gasteiger partial charge in [0.2, 0.25) is 0 Å². The van der Waals surface area contributed by atoms with E-state index in [9.17, 15) is 9.59 Å². The third-order valence-corrected chi connectivity index (χ3v) is 4.16. The molecule has 1 unspecified atom stereocenters. The molecule has 5 nitrogen and oxygen atoms in total. The van der Waals surface area contributed by atoms with Crippen LogP contribution in [0.2, 0.25) is 0 Å². The Balaban J connectivity index is 1.99. The largest absolute Gasteiger partial charge is 0.481 e. The molecule has 1 atom stereocenters. The van der Waals surface area contributed by atoms with Crippen LogP contribution in [-0.4, -0.2) is 39.5 Å². The van der Waals surface area contributed by atoms with Gasteiger partial charge in [0.15, 0.2) is 0 Å². The molecule has 1 saturated heterocycles. The Kier molecular flexibility index (Phi) is 4.47. The molecule has 0 bridgehead atoms. The van der Waals surface area contributed by atoms with E-state index in [-0.39, 0.29) is 12.3 Å². The van der Waals surface area contributed by atoms with E-state index in [0.717, 1.165) is 25.1 Å². The van der Waals surface area contributed by atoms with E-state index >= 15 is 0 Å². The highest BCUT2D eigenvalue weighted by Gasteiger charge is 2.26. The normalized spacial score (nSPS) is 19.1. The van der Waals surface area contributed by atoms with Crippen molar-refractivity contribution in [2.45, 2.75) is 32.6 Å². The lowest BCUT2D eigenvalue weighted by Crippen LogP contribution is -2.40. The zero-order chi connectivity index (χ0) is 14.7. The maximum Gasteiger partial charge on any atom is 0.303 e. The van der Waals surface area contributed by atoms with Crippen LogP contribution in [0.25, 0.3) is 0 Å². The van der Waals surface area contributed by atoms with E-state index in [0.29, 0.717) is 24.6 Å². The number of aryl methyl sites for hydroxylation is 1. The van der Waals surface area contributed by atoms with E-state index < -0.39 is 5.97 Å². The number of aliphatic carboxylic acids is 1. The number of likely N-dealkylation sites (tertiary alicyclic amines) is 1. The van der Waals surface area contributed by atoms with Crippen molar-refractivity contribution in [1.29, 1.82) is 0 Å². The van der Waals surface area contributed by atoms with Crippen LogP contribution < -0.4 is 0 Å². The van der Waals surface area contributed by atoms with Crippen molar-refractivity contribution in [3.63, 3.8) is 0 Å². The summed E-state index contributed by atoms with van der Waals surface area (Å²) < 4.78 is 1.91. The van der Waals surface area contributed by atoms with Gasteiger partial charge in [0.05, 0.1) is 0 Å². The number of piperidine rings is 1. The number of hydrogen-bond acceptors (Lipinski definition) is 2. The Bertz CT molecular complexity index is 507. The first kappa shape index (κ1) is 14.6. The van der Waals surface area contributed by atoms with Gasteiger partial charge < -0.3 is 14.6 Å². The number of nitrogens with zero attached hydrogens (tertiary/aromatic N) is 2. The van der Waals surface area contributed by atoms with E-state index in [1.165, 1.54) is 0 Å². The molecule has 0 saturated carbocycles. The summed E-state index contributed by atoms with van der Waals surface area (Å²) in [5, 5.41) is 8.75. The minimum Gasteiger partial charge on any atom is -0.481 e. The maximum absolute atomic E-state index is 12.5. The number of aromatic nitrogens is 1. The summed E-state index contributed by atoms with van der Waals surface area (Å²) in [6, 6.07) is 3.80. The molecule has 0 radical (unpaired) electrons. The van der Waals surface area contributed by atoms with Crippen LogP contribution in [0.15, 0.2) is 12.1 Å². The Labute approximate surface area is 119 Å². The highest BCUT2D eigenvalue weighted by atomic mass is 16.4. The second-order valence-electron chi connectivity index (χ2n) is 5.61. The minimum absolute atomic E-state index is 0.0561. The molecule has 1 aromatic heterocycles. The van der Waals surface area contributed by atoms with Crippen molar-refractivity contribution < 1.29 is 14.7 Å². The molecule has 1 aliphatic heterocycles. The molecule has 0 spiro atoms. The Morgan fingerprint density at radius 3 is 2.75 bits per heavy atom. The molecular formula is C15H22N2O3. The Morgan fingerprint density at radius 2 is 2.15 bits per heavy atom. The molecule has 110 valence electrons. The predicted molar refractivity (Wildman–Crippen MR) is 75.6 cm³/mol. The van der Waals surface area contributed by atoms with Crippen LogP contribution in [0.4, 0.5) is 0 Å². The average Bonchev–Trinajstić information content (AvgIpc) is 2.76. The number of hydrogen-bond donors (Lipinski definition) is 1. The van der Waals surface area contributed by atoms with Crippen molar-refractivity contribution in [1.82, 2.24) is 9.47 Å². The van der Waals surface area contributed by atoms with Gasteiger partial charge in [0.25, 0.3) is 5.91 Å².